The number of carbonyl (C=O) groups is 1. The lowest BCUT2D eigenvalue weighted by atomic mass is 10.2. The summed E-state index contributed by atoms with van der Waals surface area (Å²) < 4.78 is 5.60. The molecule has 128 valence electrons. The lowest BCUT2D eigenvalue weighted by Crippen LogP contribution is -2.24. The van der Waals surface area contributed by atoms with Gasteiger partial charge in [0.2, 0.25) is 0 Å². The van der Waals surface area contributed by atoms with Gasteiger partial charge in [-0.3, -0.25) is 9.78 Å². The third-order valence-electron chi connectivity index (χ3n) is 3.53. The van der Waals surface area contributed by atoms with Crippen molar-refractivity contribution >= 4 is 17.3 Å². The van der Waals surface area contributed by atoms with E-state index in [1.807, 2.05) is 31.2 Å². The molecule has 5 nitrogen and oxygen atoms in total. The minimum absolute atomic E-state index is 0.0969. The minimum Gasteiger partial charge on any atom is -0.492 e. The number of rotatable bonds is 9. The second-order valence-electron chi connectivity index (χ2n) is 5.48. The van der Waals surface area contributed by atoms with Gasteiger partial charge < -0.3 is 15.4 Å². The zero-order chi connectivity index (χ0) is 17.2. The van der Waals surface area contributed by atoms with Gasteiger partial charge in [-0.25, -0.2) is 0 Å². The molecule has 2 N–H and O–H groups in total. The number of carbonyl (C=O) groups excluding carboxylic acids is 1. The summed E-state index contributed by atoms with van der Waals surface area (Å²) in [4.78, 5) is 16.3. The van der Waals surface area contributed by atoms with Crippen LogP contribution in [-0.2, 0) is 0 Å². The van der Waals surface area contributed by atoms with Crippen molar-refractivity contribution in [3.05, 3.63) is 48.3 Å². The molecule has 0 unspecified atom stereocenters. The maximum Gasteiger partial charge on any atom is 0.252 e. The summed E-state index contributed by atoms with van der Waals surface area (Å²) in [5, 5.41) is 6.19. The summed E-state index contributed by atoms with van der Waals surface area (Å²) in [5.41, 5.74) is 2.15. The predicted molar refractivity (Wildman–Crippen MR) is 97.0 cm³/mol. The van der Waals surface area contributed by atoms with Crippen molar-refractivity contribution in [2.24, 2.45) is 0 Å². The highest BCUT2D eigenvalue weighted by Gasteiger charge is 2.08. The molecule has 1 amide bonds. The normalized spacial score (nSPS) is 10.2. The molecular formula is C19H25N3O2. The first-order valence-electron chi connectivity index (χ1n) is 8.46. The summed E-state index contributed by atoms with van der Waals surface area (Å²) in [5.74, 6) is 0.676. The third-order valence-corrected chi connectivity index (χ3v) is 3.53. The van der Waals surface area contributed by atoms with Crippen LogP contribution in [0.2, 0.25) is 0 Å². The summed E-state index contributed by atoms with van der Waals surface area (Å²) in [6, 6.07) is 9.49. The Balaban J connectivity index is 2.04. The van der Waals surface area contributed by atoms with Crippen LogP contribution >= 0.6 is 0 Å². The van der Waals surface area contributed by atoms with Gasteiger partial charge in [-0.15, -0.1) is 0 Å². The molecule has 2 rings (SSSR count). The van der Waals surface area contributed by atoms with E-state index in [0.29, 0.717) is 18.7 Å². The number of hydrogen-bond donors (Lipinski definition) is 2. The quantitative estimate of drug-likeness (QED) is 0.679. The van der Waals surface area contributed by atoms with Gasteiger partial charge in [0.05, 0.1) is 29.7 Å². The molecule has 0 aliphatic carbocycles. The van der Waals surface area contributed by atoms with Crippen molar-refractivity contribution < 1.29 is 9.53 Å². The Morgan fingerprint density at radius 2 is 2.00 bits per heavy atom. The molecule has 0 bridgehead atoms. The van der Waals surface area contributed by atoms with Crippen LogP contribution in [0.5, 0.6) is 5.75 Å². The van der Waals surface area contributed by atoms with Crippen molar-refractivity contribution in [1.29, 1.82) is 0 Å². The largest absolute Gasteiger partial charge is 0.492 e. The number of pyridine rings is 1. The van der Waals surface area contributed by atoms with E-state index in [-0.39, 0.29) is 5.91 Å². The number of hydrogen-bond acceptors (Lipinski definition) is 4. The van der Waals surface area contributed by atoms with E-state index in [1.54, 1.807) is 18.5 Å². The van der Waals surface area contributed by atoms with E-state index in [9.17, 15) is 4.79 Å². The SMILES string of the molecule is CCCCCNC(=O)c1cncc(Nc2ccccc2OCC)c1. The topological polar surface area (TPSA) is 63.2 Å². The van der Waals surface area contributed by atoms with E-state index in [4.69, 9.17) is 4.74 Å². The van der Waals surface area contributed by atoms with E-state index >= 15 is 0 Å². The average molecular weight is 327 g/mol. The highest BCUT2D eigenvalue weighted by Crippen LogP contribution is 2.27. The van der Waals surface area contributed by atoms with Crippen LogP contribution in [0.3, 0.4) is 0 Å². The molecule has 2 aromatic rings. The summed E-state index contributed by atoms with van der Waals surface area (Å²) in [6.45, 7) is 5.37. The molecular weight excluding hydrogens is 302 g/mol. The van der Waals surface area contributed by atoms with Crippen molar-refractivity contribution in [3.63, 3.8) is 0 Å². The second-order valence-corrected chi connectivity index (χ2v) is 5.48. The molecule has 5 heteroatoms. The third kappa shape index (κ3) is 5.26. The van der Waals surface area contributed by atoms with Gasteiger partial charge in [0.15, 0.2) is 0 Å². The van der Waals surface area contributed by atoms with Crippen molar-refractivity contribution in [1.82, 2.24) is 10.3 Å². The lowest BCUT2D eigenvalue weighted by molar-refractivity contribution is 0.0952. The summed E-state index contributed by atoms with van der Waals surface area (Å²) >= 11 is 0. The van der Waals surface area contributed by atoms with Crippen molar-refractivity contribution in [2.45, 2.75) is 33.1 Å². The highest BCUT2D eigenvalue weighted by molar-refractivity contribution is 5.94. The van der Waals surface area contributed by atoms with Gasteiger partial charge in [0, 0.05) is 12.7 Å². The first-order valence-corrected chi connectivity index (χ1v) is 8.46. The van der Waals surface area contributed by atoms with Gasteiger partial charge >= 0.3 is 0 Å². The Morgan fingerprint density at radius 1 is 1.17 bits per heavy atom. The molecule has 24 heavy (non-hydrogen) atoms. The average Bonchev–Trinajstić information content (AvgIpc) is 2.61. The van der Waals surface area contributed by atoms with Crippen LogP contribution < -0.4 is 15.4 Å². The van der Waals surface area contributed by atoms with Crippen LogP contribution in [0, 0.1) is 0 Å². The molecule has 0 atom stereocenters. The molecule has 1 aromatic heterocycles. The maximum absolute atomic E-state index is 12.2. The Morgan fingerprint density at radius 3 is 2.79 bits per heavy atom. The number of anilines is 2. The number of amides is 1. The molecule has 0 aliphatic heterocycles. The molecule has 1 heterocycles. The Labute approximate surface area is 143 Å². The van der Waals surface area contributed by atoms with Crippen LogP contribution in [0.4, 0.5) is 11.4 Å². The minimum atomic E-state index is -0.0969. The fourth-order valence-electron chi connectivity index (χ4n) is 2.32. The molecule has 0 spiro atoms. The van der Waals surface area contributed by atoms with Crippen LogP contribution in [0.15, 0.2) is 42.7 Å². The first-order chi connectivity index (χ1) is 11.7. The Hall–Kier alpha value is -2.56. The van der Waals surface area contributed by atoms with Gasteiger partial charge in [0.25, 0.3) is 5.91 Å². The van der Waals surface area contributed by atoms with Crippen LogP contribution in [0.1, 0.15) is 43.5 Å². The number of para-hydroxylation sites is 2. The zero-order valence-corrected chi connectivity index (χ0v) is 14.3. The van der Waals surface area contributed by atoms with E-state index in [1.165, 1.54) is 0 Å². The number of nitrogens with one attached hydrogen (secondary N) is 2. The lowest BCUT2D eigenvalue weighted by Gasteiger charge is -2.12. The fraction of sp³-hybridized carbons (Fsp3) is 0.368. The van der Waals surface area contributed by atoms with Gasteiger partial charge in [-0.2, -0.15) is 0 Å². The number of aromatic nitrogens is 1. The molecule has 0 saturated carbocycles. The molecule has 0 radical (unpaired) electrons. The van der Waals surface area contributed by atoms with E-state index in [0.717, 1.165) is 36.4 Å². The maximum atomic E-state index is 12.2. The molecule has 1 aromatic carbocycles. The monoisotopic (exact) mass is 327 g/mol. The number of benzene rings is 1. The molecule has 0 fully saturated rings. The van der Waals surface area contributed by atoms with Gasteiger partial charge in [-0.1, -0.05) is 31.9 Å². The number of ether oxygens (including phenoxy) is 1. The van der Waals surface area contributed by atoms with Crippen molar-refractivity contribution in [3.8, 4) is 5.75 Å². The van der Waals surface area contributed by atoms with Gasteiger partial charge in [-0.05, 0) is 31.5 Å². The van der Waals surface area contributed by atoms with E-state index < -0.39 is 0 Å². The highest BCUT2D eigenvalue weighted by atomic mass is 16.5. The Bertz CT molecular complexity index is 659. The van der Waals surface area contributed by atoms with Gasteiger partial charge in [0.1, 0.15) is 5.75 Å². The second kappa shape index (κ2) is 9.55. The van der Waals surface area contributed by atoms with Crippen LogP contribution in [-0.4, -0.2) is 24.0 Å². The smallest absolute Gasteiger partial charge is 0.252 e. The summed E-state index contributed by atoms with van der Waals surface area (Å²) in [7, 11) is 0. The predicted octanol–water partition coefficient (Wildman–Crippen LogP) is 4.14. The first kappa shape index (κ1) is 17.8. The summed E-state index contributed by atoms with van der Waals surface area (Å²) in [6.07, 6.45) is 6.52. The standard InChI is InChI=1S/C19H25N3O2/c1-3-5-8-11-21-19(23)15-12-16(14-20-13-15)22-17-9-6-7-10-18(17)24-4-2/h6-7,9-10,12-14,22H,3-5,8,11H2,1-2H3,(H,21,23). The number of unbranched alkanes of at least 4 members (excludes halogenated alkanes) is 2. The van der Waals surface area contributed by atoms with Crippen LogP contribution in [0.25, 0.3) is 0 Å². The Kier molecular flexibility index (Phi) is 7.08. The van der Waals surface area contributed by atoms with E-state index in [2.05, 4.69) is 22.5 Å². The number of nitrogens with zero attached hydrogens (tertiary/aromatic N) is 1. The zero-order valence-electron chi connectivity index (χ0n) is 14.3. The molecule has 0 aliphatic rings. The fourth-order valence-corrected chi connectivity index (χ4v) is 2.32. The van der Waals surface area contributed by atoms with Crippen molar-refractivity contribution in [2.75, 3.05) is 18.5 Å². The molecule has 0 saturated heterocycles.